The molecule has 4 rings (SSSR count). The van der Waals surface area contributed by atoms with Gasteiger partial charge in [0.2, 0.25) is 0 Å². The number of hydrogen-bond donors (Lipinski definition) is 2. The summed E-state index contributed by atoms with van der Waals surface area (Å²) in [6.07, 6.45) is 1.90. The highest BCUT2D eigenvalue weighted by Gasteiger charge is 2.22. The molecule has 1 aromatic heterocycles. The van der Waals surface area contributed by atoms with Crippen LogP contribution in [-0.4, -0.2) is 31.2 Å². The predicted molar refractivity (Wildman–Crippen MR) is 123 cm³/mol. The lowest BCUT2D eigenvalue weighted by Gasteiger charge is -2.20. The van der Waals surface area contributed by atoms with E-state index in [0.29, 0.717) is 18.1 Å². The van der Waals surface area contributed by atoms with Crippen molar-refractivity contribution < 1.29 is 23.0 Å². The lowest BCUT2D eigenvalue weighted by atomic mass is 9.90. The second kappa shape index (κ2) is 9.73. The topological polar surface area (TPSA) is 63.3 Å². The maximum Gasteiger partial charge on any atom is 0.254 e. The van der Waals surface area contributed by atoms with E-state index in [1.54, 1.807) is 7.11 Å². The molecule has 7 heteroatoms. The van der Waals surface area contributed by atoms with Crippen molar-refractivity contribution in [1.29, 1.82) is 0 Å². The number of para-hydroxylation sites is 1. The number of amides is 1. The number of H-pyrrole nitrogens is 1. The highest BCUT2D eigenvalue weighted by molar-refractivity contribution is 5.94. The first-order chi connectivity index (χ1) is 16.0. The van der Waals surface area contributed by atoms with E-state index in [0.717, 1.165) is 28.1 Å². The second-order valence-electron chi connectivity index (χ2n) is 7.50. The first-order valence-electron chi connectivity index (χ1n) is 10.6. The summed E-state index contributed by atoms with van der Waals surface area (Å²) in [7, 11) is 1.57. The zero-order chi connectivity index (χ0) is 23.4. The van der Waals surface area contributed by atoms with Crippen molar-refractivity contribution in [1.82, 2.24) is 10.3 Å². The van der Waals surface area contributed by atoms with Crippen LogP contribution < -0.4 is 14.8 Å². The monoisotopic (exact) mass is 450 g/mol. The number of ether oxygens (including phenoxy) is 2. The highest BCUT2D eigenvalue weighted by Crippen LogP contribution is 2.36. The van der Waals surface area contributed by atoms with E-state index < -0.39 is 17.5 Å². The van der Waals surface area contributed by atoms with Crippen LogP contribution in [-0.2, 0) is 0 Å². The maximum absolute atomic E-state index is 14.1. The van der Waals surface area contributed by atoms with Gasteiger partial charge in [0, 0.05) is 29.6 Å². The van der Waals surface area contributed by atoms with Gasteiger partial charge in [-0.3, -0.25) is 4.79 Å². The van der Waals surface area contributed by atoms with Crippen molar-refractivity contribution in [2.45, 2.75) is 12.8 Å². The largest absolute Gasteiger partial charge is 0.493 e. The normalized spacial score (nSPS) is 11.9. The zero-order valence-electron chi connectivity index (χ0n) is 18.3. The van der Waals surface area contributed by atoms with Crippen molar-refractivity contribution in [2.24, 2.45) is 0 Å². The highest BCUT2D eigenvalue weighted by atomic mass is 19.2. The Morgan fingerprint density at radius 2 is 1.88 bits per heavy atom. The molecule has 1 atom stereocenters. The molecule has 0 aliphatic rings. The summed E-state index contributed by atoms with van der Waals surface area (Å²) in [5.74, 6) is -2.01. The van der Waals surface area contributed by atoms with Crippen LogP contribution in [0.4, 0.5) is 8.78 Å². The number of carbonyl (C=O) groups is 1. The average molecular weight is 450 g/mol. The molecule has 0 saturated carbocycles. The number of rotatable bonds is 8. The third-order valence-electron chi connectivity index (χ3n) is 5.55. The molecule has 5 nitrogen and oxygen atoms in total. The molecule has 1 unspecified atom stereocenters. The van der Waals surface area contributed by atoms with Gasteiger partial charge in [0.15, 0.2) is 23.1 Å². The number of aromatic amines is 1. The maximum atomic E-state index is 14.1. The fourth-order valence-electron chi connectivity index (χ4n) is 3.93. The van der Waals surface area contributed by atoms with Crippen molar-refractivity contribution in [3.8, 4) is 11.5 Å². The lowest BCUT2D eigenvalue weighted by molar-refractivity contribution is 0.0947. The summed E-state index contributed by atoms with van der Waals surface area (Å²) < 4.78 is 38.9. The minimum Gasteiger partial charge on any atom is -0.493 e. The summed E-state index contributed by atoms with van der Waals surface area (Å²) in [6, 6.07) is 17.0. The van der Waals surface area contributed by atoms with Crippen LogP contribution in [0.3, 0.4) is 0 Å². The van der Waals surface area contributed by atoms with Gasteiger partial charge in [0.05, 0.1) is 19.3 Å². The summed E-state index contributed by atoms with van der Waals surface area (Å²) in [6.45, 7) is 2.55. The van der Waals surface area contributed by atoms with Crippen LogP contribution in [0, 0.1) is 11.6 Å². The van der Waals surface area contributed by atoms with Gasteiger partial charge in [-0.25, -0.2) is 8.78 Å². The first kappa shape index (κ1) is 22.3. The molecule has 0 aliphatic carbocycles. The third kappa shape index (κ3) is 4.53. The molecule has 0 fully saturated rings. The number of nitrogens with one attached hydrogen (secondary N) is 2. The van der Waals surface area contributed by atoms with E-state index in [1.165, 1.54) is 12.1 Å². The summed E-state index contributed by atoms with van der Waals surface area (Å²) >= 11 is 0. The van der Waals surface area contributed by atoms with Gasteiger partial charge in [-0.15, -0.1) is 0 Å². The molecule has 2 N–H and O–H groups in total. The van der Waals surface area contributed by atoms with Gasteiger partial charge in [0.25, 0.3) is 5.91 Å². The predicted octanol–water partition coefficient (Wildman–Crippen LogP) is 5.42. The van der Waals surface area contributed by atoms with Crippen LogP contribution in [0.1, 0.15) is 34.3 Å². The van der Waals surface area contributed by atoms with Crippen molar-refractivity contribution in [3.05, 3.63) is 95.2 Å². The molecule has 0 radical (unpaired) electrons. The van der Waals surface area contributed by atoms with Gasteiger partial charge in [-0.05, 0) is 48.4 Å². The molecule has 1 heterocycles. The Balaban J connectivity index is 1.71. The molecule has 1 amide bonds. The quantitative estimate of drug-likeness (QED) is 0.377. The molecule has 0 spiro atoms. The molecule has 0 aliphatic heterocycles. The van der Waals surface area contributed by atoms with Gasteiger partial charge < -0.3 is 19.8 Å². The smallest absolute Gasteiger partial charge is 0.254 e. The third-order valence-corrected chi connectivity index (χ3v) is 5.55. The number of aromatic nitrogens is 1. The van der Waals surface area contributed by atoms with E-state index >= 15 is 0 Å². The number of hydrogen-bond acceptors (Lipinski definition) is 3. The summed E-state index contributed by atoms with van der Waals surface area (Å²) in [5, 5.41) is 3.77. The van der Waals surface area contributed by atoms with Crippen LogP contribution in [0.5, 0.6) is 11.5 Å². The van der Waals surface area contributed by atoms with Crippen LogP contribution >= 0.6 is 0 Å². The van der Waals surface area contributed by atoms with E-state index in [-0.39, 0.29) is 18.0 Å². The number of fused-ring (bicyclic) bond motifs is 1. The Bertz CT molecular complexity index is 1290. The first-order valence-corrected chi connectivity index (χ1v) is 10.6. The number of methoxy groups -OCH3 is 1. The number of benzene rings is 3. The van der Waals surface area contributed by atoms with Crippen LogP contribution in [0.2, 0.25) is 0 Å². The average Bonchev–Trinajstić information content (AvgIpc) is 3.25. The Hall–Kier alpha value is -3.87. The molecule has 0 saturated heterocycles. The fraction of sp³-hybridized carbons (Fsp3) is 0.192. The minimum atomic E-state index is -1.17. The van der Waals surface area contributed by atoms with Crippen molar-refractivity contribution in [3.63, 3.8) is 0 Å². The van der Waals surface area contributed by atoms with E-state index in [9.17, 15) is 13.6 Å². The van der Waals surface area contributed by atoms with Gasteiger partial charge in [-0.1, -0.05) is 30.3 Å². The standard InChI is InChI=1S/C26H24F2N2O3/c1-3-33-23-12-11-16(13-24(23)32-2)19(20-15-29-22-10-5-4-7-17(20)22)14-30-26(31)18-8-6-9-21(27)25(18)28/h4-13,15,19,29H,3,14H2,1-2H3,(H,30,31). The molecular weight excluding hydrogens is 426 g/mol. The number of halogens is 2. The Morgan fingerprint density at radius 3 is 2.67 bits per heavy atom. The Kier molecular flexibility index (Phi) is 6.58. The molecule has 170 valence electrons. The molecule has 33 heavy (non-hydrogen) atoms. The minimum absolute atomic E-state index is 0.160. The van der Waals surface area contributed by atoms with Crippen molar-refractivity contribution >= 4 is 16.8 Å². The molecular formula is C26H24F2N2O3. The summed E-state index contributed by atoms with van der Waals surface area (Å²) in [5.41, 5.74) is 2.45. The Morgan fingerprint density at radius 1 is 1.06 bits per heavy atom. The van der Waals surface area contributed by atoms with E-state index in [1.807, 2.05) is 55.6 Å². The Labute approximate surface area is 190 Å². The second-order valence-corrected chi connectivity index (χ2v) is 7.50. The van der Waals surface area contributed by atoms with Gasteiger partial charge in [-0.2, -0.15) is 0 Å². The molecule has 3 aromatic carbocycles. The summed E-state index contributed by atoms with van der Waals surface area (Å²) in [4.78, 5) is 15.9. The van der Waals surface area contributed by atoms with Gasteiger partial charge >= 0.3 is 0 Å². The van der Waals surface area contributed by atoms with Crippen LogP contribution in [0.15, 0.2) is 66.9 Å². The number of carbonyl (C=O) groups excluding carboxylic acids is 1. The molecule has 4 aromatic rings. The van der Waals surface area contributed by atoms with E-state index in [2.05, 4.69) is 10.3 Å². The lowest BCUT2D eigenvalue weighted by Crippen LogP contribution is -2.29. The van der Waals surface area contributed by atoms with Crippen LogP contribution in [0.25, 0.3) is 10.9 Å². The zero-order valence-corrected chi connectivity index (χ0v) is 18.3. The fourth-order valence-corrected chi connectivity index (χ4v) is 3.93. The SMILES string of the molecule is CCOc1ccc(C(CNC(=O)c2cccc(F)c2F)c2c[nH]c3ccccc23)cc1OC. The van der Waals surface area contributed by atoms with E-state index in [4.69, 9.17) is 9.47 Å². The molecule has 0 bridgehead atoms. The van der Waals surface area contributed by atoms with Crippen molar-refractivity contribution in [2.75, 3.05) is 20.3 Å². The van der Waals surface area contributed by atoms with Gasteiger partial charge in [0.1, 0.15) is 0 Å².